The highest BCUT2D eigenvalue weighted by molar-refractivity contribution is 9.10. The van der Waals surface area contributed by atoms with E-state index in [4.69, 9.17) is 9.47 Å². The summed E-state index contributed by atoms with van der Waals surface area (Å²) in [6.07, 6.45) is 0. The molecule has 0 heterocycles. The molecule has 0 unspecified atom stereocenters. The van der Waals surface area contributed by atoms with Gasteiger partial charge in [0.2, 0.25) is 0 Å². The Morgan fingerprint density at radius 3 is 1.55 bits per heavy atom. The van der Waals surface area contributed by atoms with Crippen molar-refractivity contribution in [2.45, 2.75) is 12.8 Å². The lowest BCUT2D eigenvalue weighted by atomic mass is 9.93. The van der Waals surface area contributed by atoms with E-state index >= 15 is 0 Å². The van der Waals surface area contributed by atoms with Gasteiger partial charge >= 0.3 is 0 Å². The van der Waals surface area contributed by atoms with Crippen LogP contribution in [-0.4, -0.2) is 14.2 Å². The summed E-state index contributed by atoms with van der Waals surface area (Å²) in [6.45, 7) is 2.17. The van der Waals surface area contributed by atoms with Crippen LogP contribution >= 0.6 is 31.9 Å². The Kier molecular flexibility index (Phi) is 5.11. The maximum absolute atomic E-state index is 5.36. The van der Waals surface area contributed by atoms with E-state index < -0.39 is 0 Å². The monoisotopic (exact) mass is 398 g/mol. The molecule has 0 bridgehead atoms. The zero-order valence-electron chi connectivity index (χ0n) is 11.6. The van der Waals surface area contributed by atoms with Gasteiger partial charge in [0, 0.05) is 5.92 Å². The molecule has 2 aromatic carbocycles. The number of ether oxygens (including phenoxy) is 2. The van der Waals surface area contributed by atoms with Crippen LogP contribution in [0.5, 0.6) is 11.5 Å². The van der Waals surface area contributed by atoms with Gasteiger partial charge in [0.25, 0.3) is 0 Å². The molecule has 0 aliphatic heterocycles. The Bertz CT molecular complexity index is 558. The zero-order chi connectivity index (χ0) is 14.7. The molecule has 20 heavy (non-hydrogen) atoms. The molecule has 106 valence electrons. The van der Waals surface area contributed by atoms with E-state index in [0.717, 1.165) is 20.4 Å². The van der Waals surface area contributed by atoms with Crippen molar-refractivity contribution < 1.29 is 9.47 Å². The van der Waals surface area contributed by atoms with Gasteiger partial charge in [-0.1, -0.05) is 19.1 Å². The molecule has 0 saturated heterocycles. The molecule has 0 fully saturated rings. The molecule has 2 nitrogen and oxygen atoms in total. The van der Waals surface area contributed by atoms with Crippen LogP contribution in [-0.2, 0) is 0 Å². The number of methoxy groups -OCH3 is 2. The number of halogens is 2. The lowest BCUT2D eigenvalue weighted by molar-refractivity contribution is 0.410. The number of hydrogen-bond acceptors (Lipinski definition) is 2. The molecule has 2 rings (SSSR count). The van der Waals surface area contributed by atoms with E-state index in [0.29, 0.717) is 0 Å². The second-order valence-electron chi connectivity index (χ2n) is 4.51. The average Bonchev–Trinajstić information content (AvgIpc) is 2.47. The molecular weight excluding hydrogens is 384 g/mol. The predicted octanol–water partition coefficient (Wildman–Crippen LogP) is 5.38. The second kappa shape index (κ2) is 6.64. The van der Waals surface area contributed by atoms with Crippen LogP contribution in [0, 0.1) is 0 Å². The first-order valence-corrected chi connectivity index (χ1v) is 7.82. The Morgan fingerprint density at radius 2 is 1.20 bits per heavy atom. The normalized spacial score (nSPS) is 10.7. The summed E-state index contributed by atoms with van der Waals surface area (Å²) in [6, 6.07) is 12.4. The maximum Gasteiger partial charge on any atom is 0.133 e. The highest BCUT2D eigenvalue weighted by Crippen LogP contribution is 2.34. The van der Waals surface area contributed by atoms with Crippen LogP contribution in [0.1, 0.15) is 24.0 Å². The van der Waals surface area contributed by atoms with Gasteiger partial charge in [-0.15, -0.1) is 0 Å². The van der Waals surface area contributed by atoms with Crippen molar-refractivity contribution in [3.8, 4) is 11.5 Å². The number of benzene rings is 2. The summed E-state index contributed by atoms with van der Waals surface area (Å²) in [4.78, 5) is 0. The van der Waals surface area contributed by atoms with Crippen LogP contribution in [0.15, 0.2) is 45.3 Å². The smallest absolute Gasteiger partial charge is 0.133 e. The Hall–Kier alpha value is -1.00. The lowest BCUT2D eigenvalue weighted by Gasteiger charge is -2.16. The molecule has 0 radical (unpaired) electrons. The van der Waals surface area contributed by atoms with Crippen molar-refractivity contribution in [2.75, 3.05) is 14.2 Å². The fraction of sp³-hybridized carbons (Fsp3) is 0.250. The third kappa shape index (κ3) is 3.18. The van der Waals surface area contributed by atoms with Crippen molar-refractivity contribution in [2.24, 2.45) is 0 Å². The number of hydrogen-bond donors (Lipinski definition) is 0. The summed E-state index contributed by atoms with van der Waals surface area (Å²) < 4.78 is 12.6. The quantitative estimate of drug-likeness (QED) is 0.686. The molecular formula is C16H16Br2O2. The van der Waals surface area contributed by atoms with Crippen LogP contribution in [0.25, 0.3) is 0 Å². The van der Waals surface area contributed by atoms with Crippen molar-refractivity contribution in [1.29, 1.82) is 0 Å². The van der Waals surface area contributed by atoms with Crippen molar-refractivity contribution in [1.82, 2.24) is 0 Å². The van der Waals surface area contributed by atoms with Gasteiger partial charge in [-0.2, -0.15) is 0 Å². The first kappa shape index (κ1) is 15.4. The lowest BCUT2D eigenvalue weighted by Crippen LogP contribution is -1.98. The topological polar surface area (TPSA) is 18.5 Å². The molecule has 0 aliphatic rings. The molecule has 2 aromatic rings. The van der Waals surface area contributed by atoms with Gasteiger partial charge in [0.05, 0.1) is 23.2 Å². The van der Waals surface area contributed by atoms with E-state index in [1.54, 1.807) is 14.2 Å². The number of rotatable bonds is 4. The van der Waals surface area contributed by atoms with E-state index in [9.17, 15) is 0 Å². The van der Waals surface area contributed by atoms with E-state index in [1.165, 1.54) is 11.1 Å². The van der Waals surface area contributed by atoms with E-state index in [2.05, 4.69) is 63.0 Å². The summed E-state index contributed by atoms with van der Waals surface area (Å²) in [7, 11) is 3.36. The van der Waals surface area contributed by atoms with Crippen molar-refractivity contribution in [3.63, 3.8) is 0 Å². The van der Waals surface area contributed by atoms with Gasteiger partial charge < -0.3 is 9.47 Å². The first-order chi connectivity index (χ1) is 9.56. The van der Waals surface area contributed by atoms with Crippen LogP contribution in [0.2, 0.25) is 0 Å². The molecule has 0 aliphatic carbocycles. The van der Waals surface area contributed by atoms with Crippen LogP contribution < -0.4 is 9.47 Å². The van der Waals surface area contributed by atoms with Crippen molar-refractivity contribution >= 4 is 31.9 Å². The van der Waals surface area contributed by atoms with Crippen LogP contribution in [0.4, 0.5) is 0 Å². The minimum Gasteiger partial charge on any atom is -0.496 e. The molecule has 0 amide bonds. The van der Waals surface area contributed by atoms with E-state index in [1.807, 2.05) is 12.1 Å². The molecule has 0 N–H and O–H groups in total. The van der Waals surface area contributed by atoms with Gasteiger partial charge in [-0.3, -0.25) is 0 Å². The standard InChI is InChI=1S/C16H16Br2O2/c1-10(11-4-6-13(17)15(8-11)19-2)12-5-7-14(18)16(9-12)20-3/h4-10H,1-3H3. The minimum absolute atomic E-state index is 0.263. The summed E-state index contributed by atoms with van der Waals surface area (Å²) in [5, 5.41) is 0. The molecule has 0 spiro atoms. The summed E-state index contributed by atoms with van der Waals surface area (Å²) in [5.74, 6) is 1.95. The van der Waals surface area contributed by atoms with Gasteiger partial charge in [0.1, 0.15) is 11.5 Å². The Balaban J connectivity index is 2.38. The highest BCUT2D eigenvalue weighted by atomic mass is 79.9. The van der Waals surface area contributed by atoms with Crippen molar-refractivity contribution in [3.05, 3.63) is 56.5 Å². The van der Waals surface area contributed by atoms with Gasteiger partial charge in [-0.25, -0.2) is 0 Å². The summed E-state index contributed by atoms with van der Waals surface area (Å²) in [5.41, 5.74) is 2.41. The fourth-order valence-corrected chi connectivity index (χ4v) is 2.90. The molecule has 0 saturated carbocycles. The first-order valence-electron chi connectivity index (χ1n) is 6.23. The SMILES string of the molecule is COc1cc(C(C)c2ccc(Br)c(OC)c2)ccc1Br. The molecule has 0 aromatic heterocycles. The van der Waals surface area contributed by atoms with Gasteiger partial charge in [-0.05, 0) is 67.3 Å². The minimum atomic E-state index is 0.263. The Labute approximate surface area is 136 Å². The fourth-order valence-electron chi connectivity index (χ4n) is 2.08. The highest BCUT2D eigenvalue weighted by Gasteiger charge is 2.13. The third-order valence-corrected chi connectivity index (χ3v) is 4.66. The molecule has 4 heteroatoms. The van der Waals surface area contributed by atoms with Gasteiger partial charge in [0.15, 0.2) is 0 Å². The van der Waals surface area contributed by atoms with E-state index in [-0.39, 0.29) is 5.92 Å². The Morgan fingerprint density at radius 1 is 0.800 bits per heavy atom. The van der Waals surface area contributed by atoms with Crippen LogP contribution in [0.3, 0.4) is 0 Å². The maximum atomic E-state index is 5.36. The second-order valence-corrected chi connectivity index (χ2v) is 6.22. The zero-order valence-corrected chi connectivity index (χ0v) is 14.8. The third-order valence-electron chi connectivity index (χ3n) is 3.35. The predicted molar refractivity (Wildman–Crippen MR) is 88.9 cm³/mol. The molecule has 0 atom stereocenters. The average molecular weight is 400 g/mol. The largest absolute Gasteiger partial charge is 0.496 e. The summed E-state index contributed by atoms with van der Waals surface area (Å²) >= 11 is 6.95.